The fourth-order valence-electron chi connectivity index (χ4n) is 0.741. The summed E-state index contributed by atoms with van der Waals surface area (Å²) >= 11 is 1.16. The summed E-state index contributed by atoms with van der Waals surface area (Å²) in [4.78, 5) is 6.06. The van der Waals surface area contributed by atoms with Crippen LogP contribution in [0.15, 0.2) is 6.20 Å². The third-order valence-electron chi connectivity index (χ3n) is 1.24. The van der Waals surface area contributed by atoms with Crippen molar-refractivity contribution < 1.29 is 12.3 Å². The molecule has 4 nitrogen and oxygen atoms in total. The lowest BCUT2D eigenvalue weighted by molar-refractivity contribution is 0.551. The van der Waals surface area contributed by atoms with Crippen LogP contribution in [0.3, 0.4) is 0 Å². The van der Waals surface area contributed by atoms with Gasteiger partial charge in [-0.2, -0.15) is 8.42 Å². The molecule has 0 unspecified atom stereocenters. The van der Waals surface area contributed by atoms with Gasteiger partial charge >= 0.3 is 10.2 Å². The number of aromatic nitrogens is 1. The lowest BCUT2D eigenvalue weighted by atomic mass is 10.6. The largest absolute Gasteiger partial charge is 0.354 e. The van der Waals surface area contributed by atoms with E-state index in [9.17, 15) is 12.3 Å². The van der Waals surface area contributed by atoms with Crippen molar-refractivity contribution in [1.82, 2.24) is 4.98 Å². The van der Waals surface area contributed by atoms with Gasteiger partial charge in [-0.15, -0.1) is 15.2 Å². The Balaban J connectivity index is 2.81. The molecule has 0 amide bonds. The lowest BCUT2D eigenvalue weighted by Gasteiger charge is -2.04. The van der Waals surface area contributed by atoms with E-state index in [0.717, 1.165) is 11.3 Å². The van der Waals surface area contributed by atoms with Gasteiger partial charge < -0.3 is 4.90 Å². The maximum absolute atomic E-state index is 12.2. The van der Waals surface area contributed by atoms with Crippen molar-refractivity contribution >= 4 is 26.7 Å². The minimum absolute atomic E-state index is 0.409. The van der Waals surface area contributed by atoms with Crippen LogP contribution in [-0.4, -0.2) is 27.5 Å². The molecule has 0 aliphatic rings. The van der Waals surface area contributed by atoms with Gasteiger partial charge in [-0.3, -0.25) is 0 Å². The molecule has 0 saturated carbocycles. The summed E-state index contributed by atoms with van der Waals surface area (Å²) in [6, 6.07) is 0. The van der Waals surface area contributed by atoms with Crippen LogP contribution in [0.5, 0.6) is 0 Å². The molecule has 0 atom stereocenters. The first kappa shape index (κ1) is 10.4. The van der Waals surface area contributed by atoms with Crippen LogP contribution < -0.4 is 4.90 Å². The van der Waals surface area contributed by atoms with Gasteiger partial charge in [0.05, 0.1) is 0 Å². The molecule has 74 valence electrons. The molecule has 0 radical (unpaired) electrons. The van der Waals surface area contributed by atoms with E-state index in [4.69, 9.17) is 0 Å². The Labute approximate surface area is 80.2 Å². The predicted molar refractivity (Wildman–Crippen MR) is 50.2 cm³/mol. The predicted octanol–water partition coefficient (Wildman–Crippen LogP) is 1.01. The third-order valence-corrected chi connectivity index (χ3v) is 3.24. The number of hydrogen-bond acceptors (Lipinski definition) is 5. The second-order valence-electron chi connectivity index (χ2n) is 2.69. The Kier molecular flexibility index (Phi) is 2.87. The van der Waals surface area contributed by atoms with Gasteiger partial charge in [-0.25, -0.2) is 4.98 Å². The van der Waals surface area contributed by atoms with E-state index in [-0.39, 0.29) is 0 Å². The molecule has 0 fully saturated rings. The molecular formula is C6H9FN2O2S2. The minimum atomic E-state index is -4.44. The standard InChI is InChI=1S/C6H9FN2O2S2/c1-9(2)6-8-3-5(12-6)4-13(7,10)11/h3H,4H2,1-2H3. The number of anilines is 1. The van der Waals surface area contributed by atoms with Gasteiger partial charge in [0.15, 0.2) is 5.13 Å². The summed E-state index contributed by atoms with van der Waals surface area (Å²) in [7, 11) is -0.869. The Morgan fingerprint density at radius 3 is 2.62 bits per heavy atom. The zero-order valence-electron chi connectivity index (χ0n) is 7.19. The zero-order chi connectivity index (χ0) is 10.1. The number of hydrogen-bond donors (Lipinski definition) is 0. The number of halogens is 1. The zero-order valence-corrected chi connectivity index (χ0v) is 8.82. The summed E-state index contributed by atoms with van der Waals surface area (Å²) in [6.45, 7) is 0. The molecule has 0 N–H and O–H groups in total. The van der Waals surface area contributed by atoms with Crippen molar-refractivity contribution in [1.29, 1.82) is 0 Å². The monoisotopic (exact) mass is 224 g/mol. The Bertz CT molecular complexity index is 385. The van der Waals surface area contributed by atoms with Gasteiger partial charge in [0.1, 0.15) is 5.75 Å². The molecule has 1 aromatic rings. The van der Waals surface area contributed by atoms with Gasteiger partial charge in [0.25, 0.3) is 0 Å². The maximum atomic E-state index is 12.2. The van der Waals surface area contributed by atoms with Crippen LogP contribution in [0.2, 0.25) is 0 Å². The topological polar surface area (TPSA) is 50.3 Å². The highest BCUT2D eigenvalue weighted by atomic mass is 32.3. The van der Waals surface area contributed by atoms with E-state index >= 15 is 0 Å². The van der Waals surface area contributed by atoms with E-state index < -0.39 is 16.0 Å². The smallest absolute Gasteiger partial charge is 0.307 e. The van der Waals surface area contributed by atoms with Gasteiger partial charge in [0.2, 0.25) is 0 Å². The van der Waals surface area contributed by atoms with Crippen molar-refractivity contribution in [2.75, 3.05) is 19.0 Å². The molecular weight excluding hydrogens is 215 g/mol. The fourth-order valence-corrected chi connectivity index (χ4v) is 2.44. The second kappa shape index (κ2) is 3.59. The molecule has 1 heterocycles. The van der Waals surface area contributed by atoms with Crippen LogP contribution in [0, 0.1) is 0 Å². The van der Waals surface area contributed by atoms with E-state index in [0.29, 0.717) is 10.0 Å². The van der Waals surface area contributed by atoms with Crippen LogP contribution >= 0.6 is 11.3 Å². The first-order chi connectivity index (χ1) is 5.88. The number of thiazole rings is 1. The van der Waals surface area contributed by atoms with Crippen LogP contribution in [0.1, 0.15) is 4.88 Å². The van der Waals surface area contributed by atoms with Gasteiger partial charge in [-0.05, 0) is 0 Å². The highest BCUT2D eigenvalue weighted by molar-refractivity contribution is 7.85. The second-order valence-corrected chi connectivity index (χ2v) is 5.15. The molecule has 0 spiro atoms. The van der Waals surface area contributed by atoms with Crippen molar-refractivity contribution in [2.24, 2.45) is 0 Å². The summed E-state index contributed by atoms with van der Waals surface area (Å²) < 4.78 is 32.8. The van der Waals surface area contributed by atoms with Crippen LogP contribution in [-0.2, 0) is 16.0 Å². The molecule has 13 heavy (non-hydrogen) atoms. The number of rotatable bonds is 3. The molecule has 1 aromatic heterocycles. The SMILES string of the molecule is CN(C)c1ncc(CS(=O)(=O)F)s1. The molecule has 0 bridgehead atoms. The third kappa shape index (κ3) is 3.27. The average molecular weight is 224 g/mol. The molecule has 7 heteroatoms. The number of nitrogens with zero attached hydrogens (tertiary/aromatic N) is 2. The Morgan fingerprint density at radius 2 is 2.23 bits per heavy atom. The fraction of sp³-hybridized carbons (Fsp3) is 0.500. The lowest BCUT2D eigenvalue weighted by Crippen LogP contribution is -2.07. The van der Waals surface area contributed by atoms with E-state index in [2.05, 4.69) is 4.98 Å². The molecule has 0 aliphatic heterocycles. The van der Waals surface area contributed by atoms with Crippen LogP contribution in [0.25, 0.3) is 0 Å². The molecule has 1 rings (SSSR count). The average Bonchev–Trinajstić information content (AvgIpc) is 2.31. The normalized spacial score (nSPS) is 11.6. The first-order valence-electron chi connectivity index (χ1n) is 3.43. The summed E-state index contributed by atoms with van der Waals surface area (Å²) in [5.74, 6) is -0.585. The van der Waals surface area contributed by atoms with E-state index in [1.165, 1.54) is 6.20 Å². The molecule has 0 saturated heterocycles. The van der Waals surface area contributed by atoms with E-state index in [1.54, 1.807) is 19.0 Å². The summed E-state index contributed by atoms with van der Waals surface area (Å²) in [6.07, 6.45) is 1.37. The van der Waals surface area contributed by atoms with Crippen molar-refractivity contribution in [2.45, 2.75) is 5.75 Å². The highest BCUT2D eigenvalue weighted by Gasteiger charge is 2.12. The molecule has 0 aliphatic carbocycles. The Morgan fingerprint density at radius 1 is 1.62 bits per heavy atom. The molecule has 0 aromatic carbocycles. The quantitative estimate of drug-likeness (QED) is 0.719. The highest BCUT2D eigenvalue weighted by Crippen LogP contribution is 2.22. The van der Waals surface area contributed by atoms with Crippen molar-refractivity contribution in [3.05, 3.63) is 11.1 Å². The van der Waals surface area contributed by atoms with Crippen molar-refractivity contribution in [3.8, 4) is 0 Å². The Hall–Kier alpha value is -0.690. The van der Waals surface area contributed by atoms with Gasteiger partial charge in [0, 0.05) is 25.2 Å². The maximum Gasteiger partial charge on any atom is 0.307 e. The van der Waals surface area contributed by atoms with E-state index in [1.807, 2.05) is 0 Å². The van der Waals surface area contributed by atoms with Crippen molar-refractivity contribution in [3.63, 3.8) is 0 Å². The first-order valence-corrected chi connectivity index (χ1v) is 5.80. The summed E-state index contributed by atoms with van der Waals surface area (Å²) in [5.41, 5.74) is 0. The van der Waals surface area contributed by atoms with Gasteiger partial charge in [-0.1, -0.05) is 0 Å². The minimum Gasteiger partial charge on any atom is -0.354 e. The summed E-state index contributed by atoms with van der Waals surface area (Å²) in [5, 5.41) is 0.665. The van der Waals surface area contributed by atoms with Crippen LogP contribution in [0.4, 0.5) is 9.02 Å².